The van der Waals surface area contributed by atoms with E-state index in [1.54, 1.807) is 30.3 Å². The standard InChI is InChI=1S/C24H15F7N4O/c25-19-17(14-6-2-1-3-7-14)10-5-11-18(19)20-33-21(35-22(34-20)36-13-23(26,27)28)32-16-9-4-8-15(12-16)24(29,30)31/h1-12H,13H2,(H,32,33,34,35). The van der Waals surface area contributed by atoms with Crippen LogP contribution in [0.25, 0.3) is 22.5 Å². The number of nitrogens with zero attached hydrogens (tertiary/aromatic N) is 3. The topological polar surface area (TPSA) is 59.9 Å². The number of hydrogen-bond acceptors (Lipinski definition) is 5. The van der Waals surface area contributed by atoms with Crippen LogP contribution in [-0.2, 0) is 6.18 Å². The van der Waals surface area contributed by atoms with E-state index in [9.17, 15) is 26.3 Å². The molecular formula is C24H15F7N4O. The summed E-state index contributed by atoms with van der Waals surface area (Å²) in [7, 11) is 0. The third-order valence-electron chi connectivity index (χ3n) is 4.75. The number of nitrogens with one attached hydrogen (secondary N) is 1. The number of hydrogen-bond donors (Lipinski definition) is 1. The number of alkyl halides is 6. The maximum Gasteiger partial charge on any atom is 0.422 e. The summed E-state index contributed by atoms with van der Waals surface area (Å²) in [5, 5.41) is 2.48. The largest absolute Gasteiger partial charge is 0.454 e. The highest BCUT2D eigenvalue weighted by atomic mass is 19.4. The Morgan fingerprint density at radius 2 is 1.44 bits per heavy atom. The smallest absolute Gasteiger partial charge is 0.422 e. The summed E-state index contributed by atoms with van der Waals surface area (Å²) in [5.41, 5.74) is -0.553. The molecule has 0 aliphatic rings. The van der Waals surface area contributed by atoms with Crippen LogP contribution < -0.4 is 10.1 Å². The fraction of sp³-hybridized carbons (Fsp3) is 0.125. The average molecular weight is 508 g/mol. The first kappa shape index (κ1) is 24.9. The molecule has 0 saturated heterocycles. The second kappa shape index (κ2) is 9.80. The molecule has 0 aliphatic carbocycles. The molecule has 1 N–H and O–H groups in total. The Hall–Kier alpha value is -4.22. The number of anilines is 2. The Balaban J connectivity index is 1.76. The molecule has 0 bridgehead atoms. The molecule has 3 aromatic carbocycles. The van der Waals surface area contributed by atoms with Crippen molar-refractivity contribution in [2.45, 2.75) is 12.4 Å². The van der Waals surface area contributed by atoms with Crippen LogP contribution in [0.4, 0.5) is 42.4 Å². The van der Waals surface area contributed by atoms with Gasteiger partial charge >= 0.3 is 18.4 Å². The molecule has 0 radical (unpaired) electrons. The Labute approximate surface area is 199 Å². The van der Waals surface area contributed by atoms with E-state index in [2.05, 4.69) is 25.0 Å². The molecule has 0 saturated carbocycles. The number of benzene rings is 3. The van der Waals surface area contributed by atoms with Gasteiger partial charge in [0.15, 0.2) is 12.4 Å². The van der Waals surface area contributed by atoms with Crippen molar-refractivity contribution in [3.8, 4) is 28.5 Å². The second-order valence-corrected chi connectivity index (χ2v) is 7.41. The summed E-state index contributed by atoms with van der Waals surface area (Å²) in [6.07, 6.45) is -9.36. The third-order valence-corrected chi connectivity index (χ3v) is 4.75. The maximum absolute atomic E-state index is 15.4. The van der Waals surface area contributed by atoms with Gasteiger partial charge in [0.1, 0.15) is 5.82 Å². The van der Waals surface area contributed by atoms with E-state index in [-0.39, 0.29) is 22.6 Å². The number of ether oxygens (including phenoxy) is 1. The molecule has 12 heteroatoms. The third kappa shape index (κ3) is 6.06. The molecule has 0 fully saturated rings. The van der Waals surface area contributed by atoms with E-state index in [0.29, 0.717) is 5.56 Å². The highest BCUT2D eigenvalue weighted by molar-refractivity contribution is 5.72. The first-order valence-corrected chi connectivity index (χ1v) is 10.2. The minimum atomic E-state index is -4.72. The highest BCUT2D eigenvalue weighted by Crippen LogP contribution is 2.33. The fourth-order valence-corrected chi connectivity index (χ4v) is 3.19. The lowest BCUT2D eigenvalue weighted by atomic mass is 10.0. The van der Waals surface area contributed by atoms with Gasteiger partial charge in [0.2, 0.25) is 5.95 Å². The van der Waals surface area contributed by atoms with Gasteiger partial charge in [0, 0.05) is 11.3 Å². The van der Waals surface area contributed by atoms with Crippen molar-refractivity contribution in [2.24, 2.45) is 0 Å². The summed E-state index contributed by atoms with van der Waals surface area (Å²) < 4.78 is 97.3. The summed E-state index contributed by atoms with van der Waals surface area (Å²) >= 11 is 0. The van der Waals surface area contributed by atoms with Crippen molar-refractivity contribution < 1.29 is 35.5 Å². The van der Waals surface area contributed by atoms with E-state index >= 15 is 4.39 Å². The Morgan fingerprint density at radius 1 is 0.750 bits per heavy atom. The number of halogens is 7. The first-order valence-electron chi connectivity index (χ1n) is 10.2. The van der Waals surface area contributed by atoms with Gasteiger partial charge in [0.25, 0.3) is 0 Å². The predicted molar refractivity (Wildman–Crippen MR) is 117 cm³/mol. The fourth-order valence-electron chi connectivity index (χ4n) is 3.19. The second-order valence-electron chi connectivity index (χ2n) is 7.41. The maximum atomic E-state index is 15.4. The monoisotopic (exact) mass is 508 g/mol. The van der Waals surface area contributed by atoms with E-state index in [4.69, 9.17) is 0 Å². The van der Waals surface area contributed by atoms with Crippen molar-refractivity contribution in [2.75, 3.05) is 11.9 Å². The van der Waals surface area contributed by atoms with Crippen LogP contribution >= 0.6 is 0 Å². The van der Waals surface area contributed by atoms with Gasteiger partial charge in [-0.05, 0) is 29.8 Å². The van der Waals surface area contributed by atoms with Crippen LogP contribution in [0.3, 0.4) is 0 Å². The van der Waals surface area contributed by atoms with Crippen molar-refractivity contribution in [3.05, 3.63) is 84.2 Å². The summed E-state index contributed by atoms with van der Waals surface area (Å²) in [5.74, 6) is -1.59. The van der Waals surface area contributed by atoms with Crippen molar-refractivity contribution in [1.29, 1.82) is 0 Å². The molecule has 186 valence electrons. The van der Waals surface area contributed by atoms with Crippen LogP contribution in [0.2, 0.25) is 0 Å². The van der Waals surface area contributed by atoms with Crippen molar-refractivity contribution in [3.63, 3.8) is 0 Å². The average Bonchev–Trinajstić information content (AvgIpc) is 2.82. The predicted octanol–water partition coefficient (Wildman–Crippen LogP) is 7.05. The van der Waals surface area contributed by atoms with Gasteiger partial charge in [0.05, 0.1) is 11.1 Å². The lowest BCUT2D eigenvalue weighted by Gasteiger charge is -2.13. The molecular weight excluding hydrogens is 493 g/mol. The number of rotatable bonds is 6. The number of aromatic nitrogens is 3. The van der Waals surface area contributed by atoms with Gasteiger partial charge in [-0.2, -0.15) is 41.3 Å². The van der Waals surface area contributed by atoms with Crippen LogP contribution in [0.15, 0.2) is 72.8 Å². The molecule has 0 unspecified atom stereocenters. The molecule has 0 amide bonds. The van der Waals surface area contributed by atoms with Gasteiger partial charge in [-0.3, -0.25) is 0 Å². The highest BCUT2D eigenvalue weighted by Gasteiger charge is 2.31. The SMILES string of the molecule is Fc1c(-c2ccccc2)cccc1-c1nc(Nc2cccc(C(F)(F)F)c2)nc(OCC(F)(F)F)n1. The van der Waals surface area contributed by atoms with Gasteiger partial charge in [-0.1, -0.05) is 48.5 Å². The van der Waals surface area contributed by atoms with Gasteiger partial charge in [-0.15, -0.1) is 0 Å². The summed E-state index contributed by atoms with van der Waals surface area (Å²) in [6.45, 7) is -1.74. The quantitative estimate of drug-likeness (QED) is 0.283. The zero-order valence-electron chi connectivity index (χ0n) is 18.0. The van der Waals surface area contributed by atoms with E-state index < -0.39 is 42.3 Å². The molecule has 4 rings (SSSR count). The van der Waals surface area contributed by atoms with Crippen LogP contribution in [-0.4, -0.2) is 27.7 Å². The Morgan fingerprint density at radius 3 is 2.14 bits per heavy atom. The molecule has 0 aliphatic heterocycles. The van der Waals surface area contributed by atoms with Crippen LogP contribution in [0.5, 0.6) is 6.01 Å². The summed E-state index contributed by atoms with van der Waals surface area (Å²) in [4.78, 5) is 11.5. The first-order chi connectivity index (χ1) is 17.0. The molecule has 0 spiro atoms. The van der Waals surface area contributed by atoms with E-state index in [0.717, 1.165) is 18.2 Å². The van der Waals surface area contributed by atoms with E-state index in [1.165, 1.54) is 24.3 Å². The van der Waals surface area contributed by atoms with E-state index in [1.807, 2.05) is 0 Å². The normalized spacial score (nSPS) is 11.9. The molecule has 0 atom stereocenters. The van der Waals surface area contributed by atoms with Crippen molar-refractivity contribution >= 4 is 11.6 Å². The van der Waals surface area contributed by atoms with Gasteiger partial charge in [-0.25, -0.2) is 4.39 Å². The lowest BCUT2D eigenvalue weighted by Crippen LogP contribution is -2.20. The van der Waals surface area contributed by atoms with Crippen molar-refractivity contribution in [1.82, 2.24) is 15.0 Å². The molecule has 36 heavy (non-hydrogen) atoms. The molecule has 4 aromatic rings. The minimum absolute atomic E-state index is 0.109. The van der Waals surface area contributed by atoms with Crippen LogP contribution in [0, 0.1) is 5.82 Å². The summed E-state index contributed by atoms with van der Waals surface area (Å²) in [6, 6.07) is 16.0. The molecule has 1 aromatic heterocycles. The van der Waals surface area contributed by atoms with Gasteiger partial charge < -0.3 is 10.1 Å². The molecule has 5 nitrogen and oxygen atoms in total. The Bertz CT molecular complexity index is 1360. The lowest BCUT2D eigenvalue weighted by molar-refractivity contribution is -0.154. The molecule has 1 heterocycles. The zero-order chi connectivity index (χ0) is 25.9. The Kier molecular flexibility index (Phi) is 6.77. The minimum Gasteiger partial charge on any atom is -0.454 e. The zero-order valence-corrected chi connectivity index (χ0v) is 18.0. The van der Waals surface area contributed by atoms with Crippen LogP contribution in [0.1, 0.15) is 5.56 Å².